The number of carbonyl (C=O) groups excluding carboxylic acids is 1. The standard InChI is InChI=1S/C21H19NO2S/c1-2-24-16-10-6-9-15(11-16)17-12-19(23)22-20-18(13-25-21(17)20)14-7-4-3-5-8-14/h3-11,13,17H,2,12H2,1H3,(H,22,23)/t17-/m0/s1. The Bertz CT molecular complexity index is 901. The number of thiophene rings is 1. The van der Waals surface area contributed by atoms with Crippen LogP contribution in [0.15, 0.2) is 60.0 Å². The topological polar surface area (TPSA) is 38.3 Å². The van der Waals surface area contributed by atoms with E-state index in [1.54, 1.807) is 11.3 Å². The quantitative estimate of drug-likeness (QED) is 0.695. The molecule has 25 heavy (non-hydrogen) atoms. The maximum absolute atomic E-state index is 12.4. The van der Waals surface area contributed by atoms with Gasteiger partial charge in [-0.3, -0.25) is 4.79 Å². The number of benzene rings is 2. The van der Waals surface area contributed by atoms with Crippen LogP contribution in [0.3, 0.4) is 0 Å². The van der Waals surface area contributed by atoms with Crippen LogP contribution in [-0.4, -0.2) is 12.5 Å². The number of ether oxygens (including phenoxy) is 1. The lowest BCUT2D eigenvalue weighted by Gasteiger charge is -2.24. The Hall–Kier alpha value is -2.59. The molecule has 0 bridgehead atoms. The van der Waals surface area contributed by atoms with Crippen molar-refractivity contribution in [3.8, 4) is 16.9 Å². The molecule has 1 atom stereocenters. The number of nitrogens with one attached hydrogen (secondary N) is 1. The van der Waals surface area contributed by atoms with Gasteiger partial charge in [0.15, 0.2) is 0 Å². The minimum Gasteiger partial charge on any atom is -0.494 e. The zero-order valence-electron chi connectivity index (χ0n) is 14.0. The van der Waals surface area contributed by atoms with Gasteiger partial charge in [0, 0.05) is 28.2 Å². The van der Waals surface area contributed by atoms with Gasteiger partial charge in [-0.15, -0.1) is 11.3 Å². The average Bonchev–Trinajstić information content (AvgIpc) is 3.06. The molecule has 0 saturated carbocycles. The summed E-state index contributed by atoms with van der Waals surface area (Å²) in [6.45, 7) is 2.61. The molecule has 2 aromatic carbocycles. The first-order valence-corrected chi connectivity index (χ1v) is 9.33. The van der Waals surface area contributed by atoms with Crippen LogP contribution in [-0.2, 0) is 4.79 Å². The average molecular weight is 349 g/mol. The van der Waals surface area contributed by atoms with Crippen molar-refractivity contribution >= 4 is 22.9 Å². The van der Waals surface area contributed by atoms with Gasteiger partial charge in [-0.25, -0.2) is 0 Å². The van der Waals surface area contributed by atoms with E-state index in [1.807, 2.05) is 37.3 Å². The monoisotopic (exact) mass is 349 g/mol. The van der Waals surface area contributed by atoms with Crippen molar-refractivity contribution in [2.24, 2.45) is 0 Å². The fraction of sp³-hybridized carbons (Fsp3) is 0.190. The summed E-state index contributed by atoms with van der Waals surface area (Å²) in [5, 5.41) is 5.23. The minimum atomic E-state index is 0.0647. The first-order chi connectivity index (χ1) is 12.3. The predicted molar refractivity (Wildman–Crippen MR) is 102 cm³/mol. The second-order valence-corrected chi connectivity index (χ2v) is 6.98. The molecule has 2 heterocycles. The number of amides is 1. The highest BCUT2D eigenvalue weighted by molar-refractivity contribution is 7.11. The largest absolute Gasteiger partial charge is 0.494 e. The number of rotatable bonds is 4. The zero-order chi connectivity index (χ0) is 17.2. The van der Waals surface area contributed by atoms with Gasteiger partial charge < -0.3 is 10.1 Å². The van der Waals surface area contributed by atoms with E-state index >= 15 is 0 Å². The molecule has 0 spiro atoms. The Balaban J connectivity index is 1.77. The summed E-state index contributed by atoms with van der Waals surface area (Å²) < 4.78 is 5.63. The Morgan fingerprint density at radius 2 is 2.00 bits per heavy atom. The molecule has 1 amide bonds. The fourth-order valence-corrected chi connectivity index (χ4v) is 4.48. The van der Waals surface area contributed by atoms with Crippen molar-refractivity contribution in [3.05, 3.63) is 70.4 Å². The normalized spacial score (nSPS) is 16.2. The molecule has 1 aliphatic heterocycles. The first-order valence-electron chi connectivity index (χ1n) is 8.45. The molecule has 0 radical (unpaired) electrons. The summed E-state index contributed by atoms with van der Waals surface area (Å²) in [5.41, 5.74) is 4.31. The molecular weight excluding hydrogens is 330 g/mol. The predicted octanol–water partition coefficient (Wildman–Crippen LogP) is 5.29. The second-order valence-electron chi connectivity index (χ2n) is 6.07. The maximum atomic E-state index is 12.4. The lowest BCUT2D eigenvalue weighted by atomic mass is 9.89. The summed E-state index contributed by atoms with van der Waals surface area (Å²) in [4.78, 5) is 13.6. The molecule has 4 rings (SSSR count). The van der Waals surface area contributed by atoms with Gasteiger partial charge in [0.2, 0.25) is 5.91 Å². The van der Waals surface area contributed by atoms with E-state index in [1.165, 1.54) is 4.88 Å². The molecule has 3 nitrogen and oxygen atoms in total. The van der Waals surface area contributed by atoms with Crippen LogP contribution in [0.25, 0.3) is 11.1 Å². The Morgan fingerprint density at radius 1 is 1.16 bits per heavy atom. The van der Waals surface area contributed by atoms with Crippen LogP contribution >= 0.6 is 11.3 Å². The van der Waals surface area contributed by atoms with Crippen LogP contribution in [0.2, 0.25) is 0 Å². The summed E-state index contributed by atoms with van der Waals surface area (Å²) >= 11 is 1.72. The molecule has 1 N–H and O–H groups in total. The van der Waals surface area contributed by atoms with Crippen molar-refractivity contribution in [2.75, 3.05) is 11.9 Å². The van der Waals surface area contributed by atoms with E-state index < -0.39 is 0 Å². The smallest absolute Gasteiger partial charge is 0.225 e. The molecule has 3 aromatic rings. The first kappa shape index (κ1) is 15.9. The van der Waals surface area contributed by atoms with E-state index in [0.29, 0.717) is 13.0 Å². The van der Waals surface area contributed by atoms with Crippen molar-refractivity contribution < 1.29 is 9.53 Å². The van der Waals surface area contributed by atoms with Crippen molar-refractivity contribution in [1.29, 1.82) is 0 Å². The molecular formula is C21H19NO2S. The van der Waals surface area contributed by atoms with Crippen LogP contribution in [0, 0.1) is 0 Å². The number of hydrogen-bond acceptors (Lipinski definition) is 3. The van der Waals surface area contributed by atoms with Gasteiger partial charge in [-0.1, -0.05) is 42.5 Å². The highest BCUT2D eigenvalue weighted by Crippen LogP contribution is 2.46. The van der Waals surface area contributed by atoms with Crippen molar-refractivity contribution in [3.63, 3.8) is 0 Å². The third-order valence-electron chi connectivity index (χ3n) is 4.45. The minimum absolute atomic E-state index is 0.0647. The van der Waals surface area contributed by atoms with E-state index in [-0.39, 0.29) is 11.8 Å². The van der Waals surface area contributed by atoms with Gasteiger partial charge in [0.25, 0.3) is 0 Å². The molecule has 0 aliphatic carbocycles. The van der Waals surface area contributed by atoms with Gasteiger partial charge in [-0.05, 0) is 30.2 Å². The molecule has 0 unspecified atom stereocenters. The molecule has 0 fully saturated rings. The van der Waals surface area contributed by atoms with Crippen molar-refractivity contribution in [2.45, 2.75) is 19.3 Å². The van der Waals surface area contributed by atoms with Gasteiger partial charge in [0.05, 0.1) is 12.3 Å². The maximum Gasteiger partial charge on any atom is 0.225 e. The number of hydrogen-bond donors (Lipinski definition) is 1. The molecule has 1 aromatic heterocycles. The van der Waals surface area contributed by atoms with Crippen LogP contribution in [0.5, 0.6) is 5.75 Å². The number of fused-ring (bicyclic) bond motifs is 1. The Kier molecular flexibility index (Phi) is 4.28. The number of anilines is 1. The molecule has 1 aliphatic rings. The summed E-state index contributed by atoms with van der Waals surface area (Å²) in [6.07, 6.45) is 0.470. The summed E-state index contributed by atoms with van der Waals surface area (Å²) in [7, 11) is 0. The van der Waals surface area contributed by atoms with Gasteiger partial charge in [-0.2, -0.15) is 0 Å². The Labute approximate surface area is 151 Å². The summed E-state index contributed by atoms with van der Waals surface area (Å²) in [5.74, 6) is 0.994. The van der Waals surface area contributed by atoms with Crippen LogP contribution in [0.4, 0.5) is 5.69 Å². The third kappa shape index (κ3) is 3.05. The Morgan fingerprint density at radius 3 is 2.80 bits per heavy atom. The third-order valence-corrected chi connectivity index (χ3v) is 5.54. The molecule has 4 heteroatoms. The number of carbonyl (C=O) groups is 1. The van der Waals surface area contributed by atoms with Crippen LogP contribution in [0.1, 0.15) is 29.7 Å². The van der Waals surface area contributed by atoms with Crippen LogP contribution < -0.4 is 10.1 Å². The highest BCUT2D eigenvalue weighted by Gasteiger charge is 2.30. The molecule has 0 saturated heterocycles. The van der Waals surface area contributed by atoms with E-state index in [0.717, 1.165) is 28.1 Å². The highest BCUT2D eigenvalue weighted by atomic mass is 32.1. The van der Waals surface area contributed by atoms with E-state index in [9.17, 15) is 4.79 Å². The fourth-order valence-electron chi connectivity index (χ4n) is 3.31. The van der Waals surface area contributed by atoms with Crippen molar-refractivity contribution in [1.82, 2.24) is 0 Å². The SMILES string of the molecule is CCOc1cccc([C@@H]2CC(=O)Nc3c(-c4ccccc4)csc32)c1. The lowest BCUT2D eigenvalue weighted by Crippen LogP contribution is -2.22. The summed E-state index contributed by atoms with van der Waals surface area (Å²) in [6, 6.07) is 18.3. The second kappa shape index (κ2) is 6.73. The van der Waals surface area contributed by atoms with Gasteiger partial charge in [0.1, 0.15) is 5.75 Å². The lowest BCUT2D eigenvalue weighted by molar-refractivity contribution is -0.116. The van der Waals surface area contributed by atoms with Gasteiger partial charge >= 0.3 is 0 Å². The molecule has 126 valence electrons. The zero-order valence-corrected chi connectivity index (χ0v) is 14.8. The van der Waals surface area contributed by atoms with E-state index in [2.05, 4.69) is 35.0 Å². The van der Waals surface area contributed by atoms with E-state index in [4.69, 9.17) is 4.74 Å².